The zero-order valence-electron chi connectivity index (χ0n) is 14.0. The predicted molar refractivity (Wildman–Crippen MR) is 89.0 cm³/mol. The van der Waals surface area contributed by atoms with Crippen LogP contribution in [0.4, 0.5) is 5.69 Å². The second-order valence-electron chi connectivity index (χ2n) is 6.80. The van der Waals surface area contributed by atoms with Gasteiger partial charge in [0.2, 0.25) is 17.6 Å². The summed E-state index contributed by atoms with van der Waals surface area (Å²) in [7, 11) is 0. The normalized spacial score (nSPS) is 15.8. The number of hydrogen-bond donors (Lipinski definition) is 0. The molecule has 1 atom stereocenters. The van der Waals surface area contributed by atoms with Crippen molar-refractivity contribution in [3.05, 3.63) is 30.2 Å². The first-order chi connectivity index (χ1) is 11.0. The van der Waals surface area contributed by atoms with Crippen molar-refractivity contribution in [2.75, 3.05) is 11.4 Å². The number of nitrogens with zero attached hydrogens (tertiary/aromatic N) is 3. The zero-order chi connectivity index (χ0) is 16.4. The van der Waals surface area contributed by atoms with Crippen LogP contribution in [0.1, 0.15) is 39.5 Å². The van der Waals surface area contributed by atoms with Crippen molar-refractivity contribution in [1.82, 2.24) is 10.1 Å². The minimum Gasteiger partial charge on any atom is -0.339 e. The van der Waals surface area contributed by atoms with Gasteiger partial charge in [0.15, 0.2) is 0 Å². The number of carbonyl (C=O) groups is 1. The van der Waals surface area contributed by atoms with Gasteiger partial charge in [0.25, 0.3) is 0 Å². The molecule has 3 rings (SSSR count). The van der Waals surface area contributed by atoms with Crippen LogP contribution in [0.5, 0.6) is 0 Å². The molecule has 0 saturated carbocycles. The molecule has 23 heavy (non-hydrogen) atoms. The summed E-state index contributed by atoms with van der Waals surface area (Å²) in [5, 5.41) is 4.09. The lowest BCUT2D eigenvalue weighted by Gasteiger charge is -2.30. The van der Waals surface area contributed by atoms with Gasteiger partial charge in [0.1, 0.15) is 0 Å². The van der Waals surface area contributed by atoms with E-state index in [0.29, 0.717) is 30.0 Å². The molecule has 0 aliphatic carbocycles. The molecule has 1 aliphatic heterocycles. The summed E-state index contributed by atoms with van der Waals surface area (Å²) >= 11 is 0. The summed E-state index contributed by atoms with van der Waals surface area (Å²) in [5.74, 6) is 2.62. The van der Waals surface area contributed by atoms with Gasteiger partial charge in [-0.3, -0.25) is 4.79 Å². The third-order valence-corrected chi connectivity index (χ3v) is 4.13. The maximum Gasteiger partial charge on any atom is 0.228 e. The SMILES string of the molecule is CC(C)C[C@@H](C)Cc1nc(-c2cccc(N3CCC3=O)c2)no1. The van der Waals surface area contributed by atoms with E-state index in [1.165, 1.54) is 0 Å². The monoisotopic (exact) mass is 313 g/mol. The molecule has 1 aliphatic rings. The highest BCUT2D eigenvalue weighted by Gasteiger charge is 2.25. The number of aromatic nitrogens is 2. The maximum absolute atomic E-state index is 11.6. The molecule has 1 saturated heterocycles. The summed E-state index contributed by atoms with van der Waals surface area (Å²) in [6.45, 7) is 7.43. The third-order valence-electron chi connectivity index (χ3n) is 4.13. The second-order valence-corrected chi connectivity index (χ2v) is 6.80. The standard InChI is InChI=1S/C18H23N3O2/c1-12(2)9-13(3)10-16-19-18(20-23-16)14-5-4-6-15(11-14)21-8-7-17(21)22/h4-6,11-13H,7-10H2,1-3H3/t13-/m1/s1. The number of β-lactam (4-membered cyclic amide) rings is 1. The second kappa shape index (κ2) is 6.52. The van der Waals surface area contributed by atoms with Gasteiger partial charge in [-0.2, -0.15) is 4.98 Å². The molecule has 1 amide bonds. The lowest BCUT2D eigenvalue weighted by molar-refractivity contribution is -0.122. The fourth-order valence-corrected chi connectivity index (χ4v) is 3.04. The molecule has 0 radical (unpaired) electrons. The Balaban J connectivity index is 1.72. The fourth-order valence-electron chi connectivity index (χ4n) is 3.04. The van der Waals surface area contributed by atoms with Crippen LogP contribution in [0, 0.1) is 11.8 Å². The van der Waals surface area contributed by atoms with E-state index in [0.717, 1.165) is 30.6 Å². The topological polar surface area (TPSA) is 59.2 Å². The first kappa shape index (κ1) is 15.7. The molecular weight excluding hydrogens is 290 g/mol. The van der Waals surface area contributed by atoms with Crippen LogP contribution in [0.25, 0.3) is 11.4 Å². The molecule has 2 heterocycles. The molecule has 5 nitrogen and oxygen atoms in total. The Morgan fingerprint density at radius 3 is 2.78 bits per heavy atom. The van der Waals surface area contributed by atoms with Crippen LogP contribution in [0.2, 0.25) is 0 Å². The Kier molecular flexibility index (Phi) is 4.46. The molecule has 0 bridgehead atoms. The van der Waals surface area contributed by atoms with Crippen LogP contribution in [0.3, 0.4) is 0 Å². The maximum atomic E-state index is 11.6. The number of anilines is 1. The summed E-state index contributed by atoms with van der Waals surface area (Å²) in [6, 6.07) is 7.75. The molecule has 1 fully saturated rings. The van der Waals surface area contributed by atoms with Gasteiger partial charge < -0.3 is 9.42 Å². The summed E-state index contributed by atoms with van der Waals surface area (Å²) in [6.07, 6.45) is 2.57. The van der Waals surface area contributed by atoms with E-state index in [1.807, 2.05) is 24.3 Å². The lowest BCUT2D eigenvalue weighted by Crippen LogP contribution is -2.43. The Hall–Kier alpha value is -2.17. The molecule has 0 spiro atoms. The largest absolute Gasteiger partial charge is 0.339 e. The van der Waals surface area contributed by atoms with Crippen LogP contribution in [-0.4, -0.2) is 22.6 Å². The van der Waals surface area contributed by atoms with E-state index in [4.69, 9.17) is 4.52 Å². The number of hydrogen-bond acceptors (Lipinski definition) is 4. The quantitative estimate of drug-likeness (QED) is 0.763. The average molecular weight is 313 g/mol. The van der Waals surface area contributed by atoms with Crippen molar-refractivity contribution in [3.8, 4) is 11.4 Å². The summed E-state index contributed by atoms with van der Waals surface area (Å²) in [4.78, 5) is 17.9. The van der Waals surface area contributed by atoms with Gasteiger partial charge in [-0.15, -0.1) is 0 Å². The zero-order valence-corrected chi connectivity index (χ0v) is 14.0. The highest BCUT2D eigenvalue weighted by Crippen LogP contribution is 2.27. The number of amides is 1. The minimum atomic E-state index is 0.165. The van der Waals surface area contributed by atoms with Crippen molar-refractivity contribution in [2.24, 2.45) is 11.8 Å². The van der Waals surface area contributed by atoms with Crippen molar-refractivity contribution in [1.29, 1.82) is 0 Å². The van der Waals surface area contributed by atoms with E-state index < -0.39 is 0 Å². The molecule has 0 unspecified atom stereocenters. The van der Waals surface area contributed by atoms with Crippen molar-refractivity contribution in [3.63, 3.8) is 0 Å². The van der Waals surface area contributed by atoms with Crippen LogP contribution >= 0.6 is 0 Å². The van der Waals surface area contributed by atoms with Crippen LogP contribution in [-0.2, 0) is 11.2 Å². The number of benzene rings is 1. The summed E-state index contributed by atoms with van der Waals surface area (Å²) < 4.78 is 5.39. The Bertz CT molecular complexity index is 693. The molecule has 5 heteroatoms. The average Bonchev–Trinajstić information content (AvgIpc) is 2.93. The fraction of sp³-hybridized carbons (Fsp3) is 0.500. The molecule has 2 aromatic rings. The first-order valence-electron chi connectivity index (χ1n) is 8.26. The lowest BCUT2D eigenvalue weighted by atomic mass is 9.96. The summed E-state index contributed by atoms with van der Waals surface area (Å²) in [5.41, 5.74) is 1.78. The van der Waals surface area contributed by atoms with Gasteiger partial charge in [-0.25, -0.2) is 0 Å². The van der Waals surface area contributed by atoms with Crippen molar-refractivity contribution < 1.29 is 9.32 Å². The van der Waals surface area contributed by atoms with E-state index in [9.17, 15) is 4.79 Å². The molecular formula is C18H23N3O2. The van der Waals surface area contributed by atoms with Crippen molar-refractivity contribution >= 4 is 11.6 Å². The molecule has 122 valence electrons. The van der Waals surface area contributed by atoms with Gasteiger partial charge in [-0.1, -0.05) is 38.1 Å². The predicted octanol–water partition coefficient (Wildman–Crippen LogP) is 3.70. The molecule has 0 N–H and O–H groups in total. The molecule has 1 aromatic heterocycles. The van der Waals surface area contributed by atoms with Crippen molar-refractivity contribution in [2.45, 2.75) is 40.0 Å². The van der Waals surface area contributed by atoms with E-state index in [2.05, 4.69) is 30.9 Å². The van der Waals surface area contributed by atoms with Crippen LogP contribution in [0.15, 0.2) is 28.8 Å². The molecule has 1 aromatic carbocycles. The number of rotatable bonds is 6. The van der Waals surface area contributed by atoms with E-state index in [-0.39, 0.29) is 5.91 Å². The van der Waals surface area contributed by atoms with Crippen LogP contribution < -0.4 is 4.90 Å². The van der Waals surface area contributed by atoms with Gasteiger partial charge >= 0.3 is 0 Å². The third kappa shape index (κ3) is 3.60. The van der Waals surface area contributed by atoms with Gasteiger partial charge in [-0.05, 0) is 30.4 Å². The smallest absolute Gasteiger partial charge is 0.228 e. The first-order valence-corrected chi connectivity index (χ1v) is 8.26. The highest BCUT2D eigenvalue weighted by molar-refractivity contribution is 5.99. The Labute approximate surface area is 136 Å². The highest BCUT2D eigenvalue weighted by atomic mass is 16.5. The van der Waals surface area contributed by atoms with Gasteiger partial charge in [0, 0.05) is 30.6 Å². The minimum absolute atomic E-state index is 0.165. The number of carbonyl (C=O) groups excluding carboxylic acids is 1. The van der Waals surface area contributed by atoms with Gasteiger partial charge in [0.05, 0.1) is 0 Å². The van der Waals surface area contributed by atoms with E-state index >= 15 is 0 Å². The Morgan fingerprint density at radius 2 is 2.13 bits per heavy atom. The Morgan fingerprint density at radius 1 is 1.30 bits per heavy atom. The van der Waals surface area contributed by atoms with E-state index in [1.54, 1.807) is 4.90 Å².